The van der Waals surface area contributed by atoms with E-state index in [4.69, 9.17) is 24.3 Å². The minimum atomic E-state index is -2.04. The lowest BCUT2D eigenvalue weighted by Gasteiger charge is -2.38. The van der Waals surface area contributed by atoms with E-state index in [1.165, 1.54) is 31.7 Å². The molecule has 166 valence electrons. The highest BCUT2D eigenvalue weighted by Crippen LogP contribution is 2.43. The summed E-state index contributed by atoms with van der Waals surface area (Å²) in [6, 6.07) is 2.41. The van der Waals surface area contributed by atoms with Crippen LogP contribution in [-0.4, -0.2) is 43.3 Å². The molecule has 1 aromatic carbocycles. The Morgan fingerprint density at radius 3 is 2.00 bits per heavy atom. The molecule has 1 saturated heterocycles. The standard InChI is InChI=1S/C22H31BF2O5/c24-20-18(23(26)27)9-10-19(21(20)25)30-13-14-1-3-15(4-2-14)16-5-7-17(8-6-16)22-28-11-12-29-22/h9-10,14-17,22,26-27H,1-8,11-13H2. The van der Waals surface area contributed by atoms with E-state index in [0.717, 1.165) is 56.8 Å². The first-order valence-electron chi connectivity index (χ1n) is 11.2. The van der Waals surface area contributed by atoms with Gasteiger partial charge in [-0.15, -0.1) is 0 Å². The zero-order valence-corrected chi connectivity index (χ0v) is 17.3. The van der Waals surface area contributed by atoms with Gasteiger partial charge in [-0.1, -0.05) is 6.07 Å². The summed E-state index contributed by atoms with van der Waals surface area (Å²) < 4.78 is 44.8. The quantitative estimate of drug-likeness (QED) is 0.688. The third-order valence-corrected chi connectivity index (χ3v) is 7.24. The Bertz CT molecular complexity index is 697. The van der Waals surface area contributed by atoms with E-state index >= 15 is 0 Å². The Hall–Kier alpha value is -1.22. The van der Waals surface area contributed by atoms with E-state index in [9.17, 15) is 8.78 Å². The van der Waals surface area contributed by atoms with Crippen LogP contribution < -0.4 is 10.2 Å². The maximum absolute atomic E-state index is 14.1. The molecule has 2 saturated carbocycles. The Morgan fingerprint density at radius 1 is 0.833 bits per heavy atom. The Balaban J connectivity index is 1.20. The molecule has 2 N–H and O–H groups in total. The number of hydrogen-bond acceptors (Lipinski definition) is 5. The second-order valence-corrected chi connectivity index (χ2v) is 9.03. The molecule has 0 bridgehead atoms. The molecule has 1 heterocycles. The molecule has 2 aliphatic carbocycles. The molecule has 0 spiro atoms. The normalized spacial score (nSPS) is 30.4. The number of hydrogen-bond donors (Lipinski definition) is 2. The van der Waals surface area contributed by atoms with Crippen molar-refractivity contribution in [2.24, 2.45) is 23.7 Å². The molecule has 0 amide bonds. The molecule has 4 rings (SSSR count). The van der Waals surface area contributed by atoms with Crippen molar-refractivity contribution in [3.8, 4) is 5.75 Å². The van der Waals surface area contributed by atoms with Crippen LogP contribution in [0.5, 0.6) is 5.75 Å². The average molecular weight is 424 g/mol. The van der Waals surface area contributed by atoms with Crippen LogP contribution in [0.4, 0.5) is 8.78 Å². The lowest BCUT2D eigenvalue weighted by molar-refractivity contribution is -0.0973. The molecule has 30 heavy (non-hydrogen) atoms. The Morgan fingerprint density at radius 2 is 1.40 bits per heavy atom. The second-order valence-electron chi connectivity index (χ2n) is 9.03. The SMILES string of the molecule is OB(O)c1ccc(OCC2CCC(C3CCC(C4OCCO4)CC3)CC2)c(F)c1F. The molecule has 5 nitrogen and oxygen atoms in total. The van der Waals surface area contributed by atoms with Crippen LogP contribution in [0.15, 0.2) is 12.1 Å². The maximum Gasteiger partial charge on any atom is 0.491 e. The van der Waals surface area contributed by atoms with Gasteiger partial charge in [0.2, 0.25) is 0 Å². The van der Waals surface area contributed by atoms with Crippen molar-refractivity contribution in [3.05, 3.63) is 23.8 Å². The van der Waals surface area contributed by atoms with Crippen LogP contribution >= 0.6 is 0 Å². The first-order chi connectivity index (χ1) is 14.5. The predicted octanol–water partition coefficient (Wildman–Crippen LogP) is 3.01. The van der Waals surface area contributed by atoms with Crippen molar-refractivity contribution in [1.82, 2.24) is 0 Å². The minimum absolute atomic E-state index is 0.0128. The van der Waals surface area contributed by atoms with Gasteiger partial charge in [-0.25, -0.2) is 4.39 Å². The molecule has 3 aliphatic rings. The van der Waals surface area contributed by atoms with Crippen molar-refractivity contribution in [2.75, 3.05) is 19.8 Å². The molecule has 0 unspecified atom stereocenters. The maximum atomic E-state index is 14.1. The van der Waals surface area contributed by atoms with Crippen molar-refractivity contribution >= 4 is 12.6 Å². The van der Waals surface area contributed by atoms with Crippen molar-refractivity contribution in [2.45, 2.75) is 57.7 Å². The summed E-state index contributed by atoms with van der Waals surface area (Å²) in [7, 11) is -2.04. The lowest BCUT2D eigenvalue weighted by atomic mass is 9.69. The summed E-state index contributed by atoms with van der Waals surface area (Å²) in [6.45, 7) is 1.80. The van der Waals surface area contributed by atoms with E-state index < -0.39 is 24.2 Å². The molecule has 0 radical (unpaired) electrons. The van der Waals surface area contributed by atoms with Gasteiger partial charge in [0.05, 0.1) is 19.8 Å². The van der Waals surface area contributed by atoms with Crippen LogP contribution in [0, 0.1) is 35.3 Å². The van der Waals surface area contributed by atoms with E-state index in [-0.39, 0.29) is 12.0 Å². The Kier molecular flexibility index (Phi) is 7.29. The average Bonchev–Trinajstić information content (AvgIpc) is 3.30. The van der Waals surface area contributed by atoms with Gasteiger partial charge in [0.1, 0.15) is 0 Å². The lowest BCUT2D eigenvalue weighted by Crippen LogP contribution is -2.33. The van der Waals surface area contributed by atoms with Crippen LogP contribution in [0.25, 0.3) is 0 Å². The summed E-state index contributed by atoms with van der Waals surface area (Å²) in [5.41, 5.74) is -0.485. The highest BCUT2D eigenvalue weighted by Gasteiger charge is 2.35. The van der Waals surface area contributed by atoms with Gasteiger partial charge < -0.3 is 24.3 Å². The first-order valence-corrected chi connectivity index (χ1v) is 11.2. The summed E-state index contributed by atoms with van der Waals surface area (Å²) in [4.78, 5) is 0. The smallest absolute Gasteiger partial charge is 0.490 e. The van der Waals surface area contributed by atoms with Gasteiger partial charge in [0.15, 0.2) is 23.7 Å². The van der Waals surface area contributed by atoms with Gasteiger partial charge in [0.25, 0.3) is 0 Å². The highest BCUT2D eigenvalue weighted by atomic mass is 19.2. The zero-order chi connectivity index (χ0) is 21.1. The summed E-state index contributed by atoms with van der Waals surface area (Å²) in [6.07, 6.45) is 9.26. The monoisotopic (exact) mass is 424 g/mol. The van der Waals surface area contributed by atoms with Crippen molar-refractivity contribution in [3.63, 3.8) is 0 Å². The summed E-state index contributed by atoms with van der Waals surface area (Å²) in [5.74, 6) is -0.212. The fraction of sp³-hybridized carbons (Fsp3) is 0.727. The molecule has 8 heteroatoms. The fourth-order valence-corrected chi connectivity index (χ4v) is 5.43. The highest BCUT2D eigenvalue weighted by molar-refractivity contribution is 6.58. The second kappa shape index (κ2) is 9.94. The third kappa shape index (κ3) is 4.98. The van der Waals surface area contributed by atoms with Crippen LogP contribution in [0.1, 0.15) is 51.4 Å². The van der Waals surface area contributed by atoms with E-state index in [1.807, 2.05) is 0 Å². The number of ether oxygens (including phenoxy) is 3. The molecular weight excluding hydrogens is 393 g/mol. The number of rotatable bonds is 6. The van der Waals surface area contributed by atoms with E-state index in [0.29, 0.717) is 18.4 Å². The Labute approximate surface area is 176 Å². The zero-order valence-electron chi connectivity index (χ0n) is 17.3. The number of benzene rings is 1. The van der Waals surface area contributed by atoms with Gasteiger partial charge in [0, 0.05) is 11.4 Å². The summed E-state index contributed by atoms with van der Waals surface area (Å²) >= 11 is 0. The predicted molar refractivity (Wildman–Crippen MR) is 108 cm³/mol. The first kappa shape index (κ1) is 22.0. The molecule has 0 atom stereocenters. The van der Waals surface area contributed by atoms with E-state index in [1.54, 1.807) is 0 Å². The van der Waals surface area contributed by atoms with Crippen molar-refractivity contribution in [1.29, 1.82) is 0 Å². The molecule has 3 fully saturated rings. The minimum Gasteiger partial charge on any atom is -0.490 e. The van der Waals surface area contributed by atoms with Gasteiger partial charge in [-0.3, -0.25) is 0 Å². The fourth-order valence-electron chi connectivity index (χ4n) is 5.43. The van der Waals surface area contributed by atoms with Crippen LogP contribution in [0.2, 0.25) is 0 Å². The molecule has 0 aromatic heterocycles. The van der Waals surface area contributed by atoms with E-state index in [2.05, 4.69) is 0 Å². The van der Waals surface area contributed by atoms with Gasteiger partial charge in [-0.05, 0) is 75.2 Å². The van der Waals surface area contributed by atoms with Gasteiger partial charge >= 0.3 is 7.12 Å². The van der Waals surface area contributed by atoms with Crippen LogP contribution in [-0.2, 0) is 9.47 Å². The van der Waals surface area contributed by atoms with Crippen LogP contribution in [0.3, 0.4) is 0 Å². The third-order valence-electron chi connectivity index (χ3n) is 7.24. The van der Waals surface area contributed by atoms with Gasteiger partial charge in [-0.2, -0.15) is 4.39 Å². The largest absolute Gasteiger partial charge is 0.491 e. The number of halogens is 2. The molecule has 1 aromatic rings. The molecule has 1 aliphatic heterocycles. The summed E-state index contributed by atoms with van der Waals surface area (Å²) in [5, 5.41) is 18.1. The topological polar surface area (TPSA) is 68.2 Å². The van der Waals surface area contributed by atoms with Crippen molar-refractivity contribution < 1.29 is 33.0 Å². The molecular formula is C22H31BF2O5.